The van der Waals surface area contributed by atoms with Crippen molar-refractivity contribution in [2.75, 3.05) is 5.73 Å². The molecule has 3 heterocycles. The molecule has 2 aromatic carbocycles. The predicted octanol–water partition coefficient (Wildman–Crippen LogP) is 2.76. The fourth-order valence-corrected chi connectivity index (χ4v) is 7.33. The van der Waals surface area contributed by atoms with Crippen molar-refractivity contribution in [3.63, 3.8) is 0 Å². The van der Waals surface area contributed by atoms with E-state index in [0.29, 0.717) is 11.2 Å². The van der Waals surface area contributed by atoms with Crippen LogP contribution in [0.4, 0.5) is 5.82 Å². The molecular weight excluding hydrogens is 589 g/mol. The Bertz CT molecular complexity index is 1710. The van der Waals surface area contributed by atoms with E-state index in [-0.39, 0.29) is 18.0 Å². The zero-order chi connectivity index (χ0) is 31.3. The average molecular weight is 624 g/mol. The van der Waals surface area contributed by atoms with E-state index in [1.807, 2.05) is 30.3 Å². The van der Waals surface area contributed by atoms with Crippen molar-refractivity contribution in [3.8, 4) is 5.75 Å². The largest absolute Gasteiger partial charge is 0.462 e. The summed E-state index contributed by atoms with van der Waals surface area (Å²) >= 11 is 0. The van der Waals surface area contributed by atoms with Crippen LogP contribution in [0.1, 0.15) is 32.0 Å². The van der Waals surface area contributed by atoms with Crippen LogP contribution < -0.4 is 15.3 Å². The molecule has 1 aliphatic carbocycles. The van der Waals surface area contributed by atoms with Crippen molar-refractivity contribution in [2.45, 2.75) is 68.9 Å². The first-order valence-corrected chi connectivity index (χ1v) is 15.7. The maximum Gasteiger partial charge on any atom is 0.459 e. The zero-order valence-corrected chi connectivity index (χ0v) is 25.2. The lowest BCUT2D eigenvalue weighted by Crippen LogP contribution is -2.47. The molecule has 44 heavy (non-hydrogen) atoms. The van der Waals surface area contributed by atoms with Gasteiger partial charge in [-0.15, -0.1) is 0 Å². The Kier molecular flexibility index (Phi) is 7.73. The molecule has 0 spiro atoms. The van der Waals surface area contributed by atoms with E-state index in [1.165, 1.54) is 10.8 Å². The molecule has 0 bridgehead atoms. The second-order valence-corrected chi connectivity index (χ2v) is 13.0. The Hall–Kier alpha value is -3.84. The zero-order valence-electron chi connectivity index (χ0n) is 24.3. The van der Waals surface area contributed by atoms with Crippen molar-refractivity contribution >= 4 is 25.1 Å². The fourth-order valence-electron chi connectivity index (χ4n) is 5.62. The highest BCUT2D eigenvalue weighted by Crippen LogP contribution is 2.63. The number of nitrogens with one attached hydrogen (secondary N) is 1. The van der Waals surface area contributed by atoms with Crippen molar-refractivity contribution in [1.82, 2.24) is 19.7 Å². The molecule has 1 saturated heterocycles. The molecule has 1 saturated carbocycles. The average Bonchev–Trinajstić information content (AvgIpc) is 3.25. The number of aliphatic hydroxyl groups excluding tert-OH is 1. The van der Waals surface area contributed by atoms with Gasteiger partial charge in [0.1, 0.15) is 47.5 Å². The van der Waals surface area contributed by atoms with Crippen LogP contribution in [-0.4, -0.2) is 66.8 Å². The smallest absolute Gasteiger partial charge is 0.459 e. The van der Waals surface area contributed by atoms with E-state index in [0.717, 1.165) is 5.56 Å². The lowest BCUT2D eigenvalue weighted by Gasteiger charge is -2.33. The SMILES string of the molecule is CC(C)OC(=O)[C@H](Cc1ccccc1)NP(=O)(Oc1ccccc1)OC1[C@H]2O[C@@](C)(c3ccc4c(N)ncnn34)[C@H](O)[C@@]12O. The second-order valence-electron chi connectivity index (χ2n) is 11.4. The number of ether oxygens (including phenoxy) is 2. The van der Waals surface area contributed by atoms with Gasteiger partial charge in [0.15, 0.2) is 11.4 Å². The number of nitrogens with zero attached hydrogens (tertiary/aromatic N) is 3. The van der Waals surface area contributed by atoms with Crippen molar-refractivity contribution in [1.29, 1.82) is 0 Å². The summed E-state index contributed by atoms with van der Waals surface area (Å²) in [5, 5.41) is 30.1. The Morgan fingerprint density at radius 3 is 2.45 bits per heavy atom. The number of para-hydroxylation sites is 1. The Labute approximate surface area is 253 Å². The molecule has 4 aromatic rings. The molecule has 2 unspecified atom stereocenters. The molecule has 2 aliphatic rings. The fraction of sp³-hybridized carbons (Fsp3) is 0.367. The minimum Gasteiger partial charge on any atom is -0.462 e. The highest BCUT2D eigenvalue weighted by atomic mass is 31.2. The third-order valence-corrected chi connectivity index (χ3v) is 9.44. The monoisotopic (exact) mass is 623 g/mol. The molecule has 7 atom stereocenters. The van der Waals surface area contributed by atoms with Crippen LogP contribution in [0, 0.1) is 0 Å². The van der Waals surface area contributed by atoms with Crippen LogP contribution in [0.25, 0.3) is 5.52 Å². The predicted molar refractivity (Wildman–Crippen MR) is 158 cm³/mol. The van der Waals surface area contributed by atoms with Gasteiger partial charge in [0, 0.05) is 0 Å². The number of rotatable bonds is 11. The number of benzene rings is 2. The van der Waals surface area contributed by atoms with Gasteiger partial charge < -0.3 is 29.9 Å². The molecule has 14 heteroatoms. The summed E-state index contributed by atoms with van der Waals surface area (Å²) in [4.78, 5) is 17.2. The number of aromatic nitrogens is 3. The van der Waals surface area contributed by atoms with E-state index in [1.54, 1.807) is 63.2 Å². The third-order valence-electron chi connectivity index (χ3n) is 7.85. The Morgan fingerprint density at radius 2 is 1.82 bits per heavy atom. The first kappa shape index (κ1) is 30.2. The number of carbonyl (C=O) groups is 1. The summed E-state index contributed by atoms with van der Waals surface area (Å²) in [6.45, 7) is 5.02. The molecule has 0 radical (unpaired) electrons. The number of nitrogen functional groups attached to an aromatic ring is 1. The molecule has 5 N–H and O–H groups in total. The number of hydrogen-bond donors (Lipinski definition) is 4. The molecule has 2 aromatic heterocycles. The maximum absolute atomic E-state index is 14.5. The van der Waals surface area contributed by atoms with Crippen molar-refractivity contribution in [2.24, 2.45) is 0 Å². The number of fused-ring (bicyclic) bond motifs is 2. The van der Waals surface area contributed by atoms with E-state index in [2.05, 4.69) is 15.2 Å². The van der Waals surface area contributed by atoms with Crippen LogP contribution in [0.15, 0.2) is 79.1 Å². The van der Waals surface area contributed by atoms with Gasteiger partial charge in [-0.2, -0.15) is 10.2 Å². The van der Waals surface area contributed by atoms with Gasteiger partial charge in [-0.3, -0.25) is 9.32 Å². The van der Waals surface area contributed by atoms with E-state index in [9.17, 15) is 19.6 Å². The molecule has 232 valence electrons. The van der Waals surface area contributed by atoms with Gasteiger partial charge in [-0.25, -0.2) is 14.1 Å². The Balaban J connectivity index is 1.28. The summed E-state index contributed by atoms with van der Waals surface area (Å²) < 4.78 is 39.4. The summed E-state index contributed by atoms with van der Waals surface area (Å²) in [6, 6.07) is 19.6. The summed E-state index contributed by atoms with van der Waals surface area (Å²) in [7, 11) is -4.44. The normalized spacial score (nSPS) is 27.9. The van der Waals surface area contributed by atoms with Gasteiger partial charge in [-0.1, -0.05) is 48.5 Å². The molecule has 1 aliphatic heterocycles. The van der Waals surface area contributed by atoms with Gasteiger partial charge >= 0.3 is 13.7 Å². The van der Waals surface area contributed by atoms with Gasteiger partial charge in [0.25, 0.3) is 0 Å². The minimum atomic E-state index is -4.44. The van der Waals surface area contributed by atoms with Crippen molar-refractivity contribution < 1.29 is 38.1 Å². The molecule has 13 nitrogen and oxygen atoms in total. The number of hydrogen-bond acceptors (Lipinski definition) is 11. The van der Waals surface area contributed by atoms with Crippen LogP contribution in [0.3, 0.4) is 0 Å². The number of aliphatic hydroxyl groups is 2. The highest BCUT2D eigenvalue weighted by Gasteiger charge is 2.82. The van der Waals surface area contributed by atoms with Gasteiger partial charge in [-0.05, 0) is 57.0 Å². The first-order valence-electron chi connectivity index (χ1n) is 14.2. The van der Waals surface area contributed by atoms with Crippen LogP contribution in [-0.2, 0) is 35.4 Å². The molecule has 0 amide bonds. The molecule has 2 fully saturated rings. The number of carbonyl (C=O) groups excluding carboxylic acids is 1. The van der Waals surface area contributed by atoms with Crippen molar-refractivity contribution in [3.05, 3.63) is 90.4 Å². The van der Waals surface area contributed by atoms with Crippen LogP contribution >= 0.6 is 7.75 Å². The number of esters is 1. The van der Waals surface area contributed by atoms with E-state index < -0.39 is 55.4 Å². The van der Waals surface area contributed by atoms with Crippen LogP contribution in [0.5, 0.6) is 5.75 Å². The molecular formula is C30H34N5O8P. The Morgan fingerprint density at radius 1 is 1.14 bits per heavy atom. The van der Waals surface area contributed by atoms with Gasteiger partial charge in [0.2, 0.25) is 0 Å². The summed E-state index contributed by atoms with van der Waals surface area (Å²) in [5.41, 5.74) is 4.29. The maximum atomic E-state index is 14.5. The molecule has 6 rings (SSSR count). The van der Waals surface area contributed by atoms with E-state index >= 15 is 0 Å². The lowest BCUT2D eigenvalue weighted by molar-refractivity contribution is -0.149. The van der Waals surface area contributed by atoms with Gasteiger partial charge in [0.05, 0.1) is 11.8 Å². The standard InChI is InChI=1S/C30H34N5O8P/c1-18(2)40-27(36)21(16-19-10-6-4-7-11-19)34-44(39,42-20-12-8-5-9-13-20)43-25-24-30(25,38)28(37)29(3,41-24)23-15-14-22-26(31)32-17-33-35(22)23/h4-15,17-18,21,24-25,28,37-38H,16H2,1-3H3,(H,34,39)(H2,31,32,33)/t21-,24+,25?,28-,29-,30-,44?/m0/s1. The summed E-state index contributed by atoms with van der Waals surface area (Å²) in [6.07, 6.45) is -2.94. The topological polar surface area (TPSA) is 180 Å². The third kappa shape index (κ3) is 5.36. The number of anilines is 1. The first-order chi connectivity index (χ1) is 20.9. The highest BCUT2D eigenvalue weighted by molar-refractivity contribution is 7.52. The second kappa shape index (κ2) is 11.3. The van der Waals surface area contributed by atoms with Crippen LogP contribution in [0.2, 0.25) is 0 Å². The van der Waals surface area contributed by atoms with E-state index in [4.69, 9.17) is 24.3 Å². The lowest BCUT2D eigenvalue weighted by atomic mass is 9.91. The minimum absolute atomic E-state index is 0.111. The summed E-state index contributed by atoms with van der Waals surface area (Å²) in [5.74, 6) is -0.233. The quantitative estimate of drug-likeness (QED) is 0.142. The number of nitrogens with two attached hydrogens (primary N) is 1.